The molecule has 0 radical (unpaired) electrons. The Hall–Kier alpha value is -2.90. The van der Waals surface area contributed by atoms with Crippen LogP contribution >= 0.6 is 23.2 Å². The van der Waals surface area contributed by atoms with Gasteiger partial charge in [-0.1, -0.05) is 42.5 Å². The molecule has 0 unspecified atom stereocenters. The Labute approximate surface area is 207 Å². The van der Waals surface area contributed by atoms with Crippen LogP contribution in [0.2, 0.25) is 10.0 Å². The van der Waals surface area contributed by atoms with Crippen LogP contribution in [-0.4, -0.2) is 45.1 Å². The third-order valence-electron chi connectivity index (χ3n) is 6.68. The second-order valence-electron chi connectivity index (χ2n) is 8.79. The first-order valence-electron chi connectivity index (χ1n) is 11.2. The van der Waals surface area contributed by atoms with Gasteiger partial charge in [-0.15, -0.1) is 0 Å². The van der Waals surface area contributed by atoms with Crippen LogP contribution in [-0.2, 0) is 0 Å². The lowest BCUT2D eigenvalue weighted by molar-refractivity contribution is 0.0660. The number of halogens is 2. The van der Waals surface area contributed by atoms with E-state index in [9.17, 15) is 19.8 Å². The van der Waals surface area contributed by atoms with E-state index in [0.29, 0.717) is 16.8 Å². The summed E-state index contributed by atoms with van der Waals surface area (Å²) in [4.78, 5) is 28.9. The number of aromatic hydroxyl groups is 1. The van der Waals surface area contributed by atoms with E-state index in [1.165, 1.54) is 49.6 Å². The Morgan fingerprint density at radius 3 is 2.53 bits per heavy atom. The number of amides is 1. The minimum absolute atomic E-state index is 0.0299. The van der Waals surface area contributed by atoms with Crippen LogP contribution < -0.4 is 4.74 Å². The van der Waals surface area contributed by atoms with Gasteiger partial charge in [0.2, 0.25) is 0 Å². The van der Waals surface area contributed by atoms with Gasteiger partial charge in [-0.2, -0.15) is 0 Å². The summed E-state index contributed by atoms with van der Waals surface area (Å²) >= 11 is 12.8. The second-order valence-corrected chi connectivity index (χ2v) is 9.57. The van der Waals surface area contributed by atoms with E-state index >= 15 is 0 Å². The number of nitrogens with zero attached hydrogens (tertiary/aromatic N) is 1. The van der Waals surface area contributed by atoms with E-state index in [1.807, 2.05) is 6.92 Å². The van der Waals surface area contributed by atoms with E-state index in [2.05, 4.69) is 4.98 Å². The Kier molecular flexibility index (Phi) is 6.96. The quantitative estimate of drug-likeness (QED) is 0.346. The molecule has 180 valence electrons. The second kappa shape index (κ2) is 9.76. The highest BCUT2D eigenvalue weighted by Gasteiger charge is 2.28. The summed E-state index contributed by atoms with van der Waals surface area (Å²) in [5.74, 6) is -0.753. The number of hydrogen-bond acceptors (Lipinski definition) is 4. The number of aromatic amines is 1. The molecule has 1 atom stereocenters. The molecule has 3 N–H and O–H groups in total. The Morgan fingerprint density at radius 1 is 1.15 bits per heavy atom. The summed E-state index contributed by atoms with van der Waals surface area (Å²) in [6.07, 6.45) is 5.77. The van der Waals surface area contributed by atoms with Crippen molar-refractivity contribution in [3.63, 3.8) is 0 Å². The van der Waals surface area contributed by atoms with Gasteiger partial charge in [0.15, 0.2) is 5.75 Å². The van der Waals surface area contributed by atoms with E-state index in [-0.39, 0.29) is 50.5 Å². The zero-order chi connectivity index (χ0) is 24.6. The smallest absolute Gasteiger partial charge is 0.352 e. The van der Waals surface area contributed by atoms with Gasteiger partial charge in [-0.25, -0.2) is 4.79 Å². The lowest BCUT2D eigenvalue weighted by Crippen LogP contribution is -2.40. The molecule has 1 heterocycles. The number of aromatic nitrogens is 1. The number of fused-ring (bicyclic) bond motifs is 1. The fourth-order valence-electron chi connectivity index (χ4n) is 4.57. The number of ether oxygens (including phenoxy) is 1. The van der Waals surface area contributed by atoms with Gasteiger partial charge in [0.05, 0.1) is 15.6 Å². The predicted molar refractivity (Wildman–Crippen MR) is 132 cm³/mol. The maximum atomic E-state index is 13.2. The molecule has 4 rings (SSSR count). The van der Waals surface area contributed by atoms with Gasteiger partial charge in [0.1, 0.15) is 17.2 Å². The third kappa shape index (κ3) is 4.68. The highest BCUT2D eigenvalue weighted by atomic mass is 35.5. The number of carboxylic acid groups (broad SMARTS) is 1. The average molecular weight is 505 g/mol. The fourth-order valence-corrected chi connectivity index (χ4v) is 5.16. The predicted octanol–water partition coefficient (Wildman–Crippen LogP) is 6.71. The van der Waals surface area contributed by atoms with Crippen LogP contribution in [0.4, 0.5) is 0 Å². The lowest BCUT2D eigenvalue weighted by atomic mass is 9.84. The van der Waals surface area contributed by atoms with Gasteiger partial charge in [0.25, 0.3) is 5.91 Å². The highest BCUT2D eigenvalue weighted by molar-refractivity contribution is 6.41. The van der Waals surface area contributed by atoms with Crippen LogP contribution in [0.3, 0.4) is 0 Å². The number of carbonyl (C=O) groups excluding carboxylic acids is 1. The van der Waals surface area contributed by atoms with Crippen LogP contribution in [0, 0.1) is 5.92 Å². The summed E-state index contributed by atoms with van der Waals surface area (Å²) in [7, 11) is 1.75. The first-order valence-corrected chi connectivity index (χ1v) is 11.9. The molecule has 1 aromatic heterocycles. The van der Waals surface area contributed by atoms with Crippen molar-refractivity contribution >= 4 is 46.0 Å². The number of phenolic OH excluding ortho intramolecular Hbond substituents is 1. The van der Waals surface area contributed by atoms with Crippen molar-refractivity contribution < 1.29 is 24.5 Å². The maximum absolute atomic E-state index is 13.2. The molecule has 9 heteroatoms. The van der Waals surface area contributed by atoms with Gasteiger partial charge < -0.3 is 24.8 Å². The molecule has 34 heavy (non-hydrogen) atoms. The van der Waals surface area contributed by atoms with Crippen LogP contribution in [0.5, 0.6) is 17.2 Å². The molecule has 1 fully saturated rings. The number of aromatic carboxylic acids is 1. The number of phenols is 1. The van der Waals surface area contributed by atoms with Gasteiger partial charge in [-0.05, 0) is 56.0 Å². The van der Waals surface area contributed by atoms with Crippen molar-refractivity contribution in [1.29, 1.82) is 0 Å². The van der Waals surface area contributed by atoms with E-state index < -0.39 is 5.97 Å². The summed E-state index contributed by atoms with van der Waals surface area (Å²) in [5, 5.41) is 20.4. The lowest BCUT2D eigenvalue weighted by Gasteiger charge is -2.34. The highest BCUT2D eigenvalue weighted by Crippen LogP contribution is 2.42. The van der Waals surface area contributed by atoms with E-state index in [1.54, 1.807) is 11.9 Å². The first kappa shape index (κ1) is 24.2. The number of rotatable bonds is 6. The molecule has 1 aliphatic carbocycles. The molecule has 0 bridgehead atoms. The molecule has 3 aromatic rings. The van der Waals surface area contributed by atoms with Crippen LogP contribution in [0.25, 0.3) is 10.9 Å². The molecule has 1 aliphatic rings. The number of carbonyl (C=O) groups is 2. The molecule has 0 saturated heterocycles. The summed E-state index contributed by atoms with van der Waals surface area (Å²) in [6.45, 7) is 2.04. The summed E-state index contributed by atoms with van der Waals surface area (Å²) in [6, 6.07) is 7.32. The van der Waals surface area contributed by atoms with Gasteiger partial charge in [0, 0.05) is 24.0 Å². The fraction of sp³-hybridized carbons (Fsp3) is 0.360. The van der Waals surface area contributed by atoms with Crippen LogP contribution in [0.15, 0.2) is 30.3 Å². The topological polar surface area (TPSA) is 103 Å². The molecule has 1 amide bonds. The van der Waals surface area contributed by atoms with Crippen molar-refractivity contribution in [3.8, 4) is 17.2 Å². The Balaban J connectivity index is 1.61. The van der Waals surface area contributed by atoms with Crippen molar-refractivity contribution in [3.05, 3.63) is 51.6 Å². The molecule has 7 nitrogen and oxygen atoms in total. The van der Waals surface area contributed by atoms with Gasteiger partial charge in [-0.3, -0.25) is 4.79 Å². The molecule has 0 aliphatic heterocycles. The zero-order valence-corrected chi connectivity index (χ0v) is 20.4. The van der Waals surface area contributed by atoms with Crippen LogP contribution in [0.1, 0.15) is 59.9 Å². The summed E-state index contributed by atoms with van der Waals surface area (Å²) < 4.78 is 5.91. The Morgan fingerprint density at radius 2 is 1.85 bits per heavy atom. The van der Waals surface area contributed by atoms with Crippen molar-refractivity contribution in [2.24, 2.45) is 5.92 Å². The van der Waals surface area contributed by atoms with Crippen molar-refractivity contribution in [2.75, 3.05) is 7.05 Å². The molecule has 1 saturated carbocycles. The number of benzene rings is 2. The largest absolute Gasteiger partial charge is 0.507 e. The maximum Gasteiger partial charge on any atom is 0.352 e. The molecular formula is C25H26Cl2N2O5. The number of hydrogen-bond donors (Lipinski definition) is 3. The first-order chi connectivity index (χ1) is 16.2. The molecule has 0 spiro atoms. The number of nitrogens with one attached hydrogen (secondary N) is 1. The summed E-state index contributed by atoms with van der Waals surface area (Å²) in [5.41, 5.74) is 0.545. The van der Waals surface area contributed by atoms with Crippen molar-refractivity contribution in [2.45, 2.75) is 45.1 Å². The van der Waals surface area contributed by atoms with E-state index in [0.717, 1.165) is 12.8 Å². The monoisotopic (exact) mass is 504 g/mol. The minimum atomic E-state index is -1.13. The van der Waals surface area contributed by atoms with E-state index in [4.69, 9.17) is 27.9 Å². The normalized spacial score (nSPS) is 15.3. The number of H-pyrrole nitrogens is 1. The zero-order valence-electron chi connectivity index (χ0n) is 18.9. The molecular weight excluding hydrogens is 479 g/mol. The number of carboxylic acids is 1. The third-order valence-corrected chi connectivity index (χ3v) is 7.34. The molecule has 2 aromatic carbocycles. The van der Waals surface area contributed by atoms with Crippen molar-refractivity contribution in [1.82, 2.24) is 9.88 Å². The van der Waals surface area contributed by atoms with Gasteiger partial charge >= 0.3 is 5.97 Å². The SMILES string of the molecule is C[C@H](C1CCCCC1)N(C)C(=O)c1cc(Oc2c(Cl)cc3[nH]c(C(=O)O)cc3c2Cl)ccc1O. The standard InChI is InChI=1S/C25H26Cl2N2O5/c1-13(14-6-4-3-5-7-14)29(2)24(31)17-10-15(8-9-21(17)30)34-23-18(26)12-19-16(22(23)27)11-20(28-19)25(32)33/h8-14,28,30H,3-7H2,1-2H3,(H,32,33)/t13-/m1/s1. The average Bonchev–Trinajstić information content (AvgIpc) is 3.26. The minimum Gasteiger partial charge on any atom is -0.507 e. The Bertz CT molecular complexity index is 1250.